The fourth-order valence-corrected chi connectivity index (χ4v) is 3.94. The number of piperidine rings is 1. The maximum atomic E-state index is 12.9. The number of alkyl halides is 4. The molecular weight excluding hydrogens is 506 g/mol. The van der Waals surface area contributed by atoms with Crippen LogP contribution in [0.5, 0.6) is 0 Å². The van der Waals surface area contributed by atoms with Crippen molar-refractivity contribution >= 4 is 23.0 Å². The van der Waals surface area contributed by atoms with Crippen LogP contribution in [0.25, 0.3) is 16.8 Å². The van der Waals surface area contributed by atoms with Crippen LogP contribution in [-0.4, -0.2) is 76.2 Å². The number of aryl methyl sites for hydroxylation is 1. The highest BCUT2D eigenvalue weighted by Crippen LogP contribution is 2.30. The summed E-state index contributed by atoms with van der Waals surface area (Å²) in [5.74, 6) is -2.02. The third-order valence-corrected chi connectivity index (χ3v) is 5.96. The van der Waals surface area contributed by atoms with Crippen molar-refractivity contribution in [2.75, 3.05) is 44.8 Å². The van der Waals surface area contributed by atoms with Crippen molar-refractivity contribution in [2.45, 2.75) is 51.5 Å². The maximum absolute atomic E-state index is 12.9. The number of fused-ring (bicyclic) bond motifs is 1. The van der Waals surface area contributed by atoms with E-state index in [-0.39, 0.29) is 31.4 Å². The number of nitrogens with two attached hydrogens (primary N) is 2. The van der Waals surface area contributed by atoms with Crippen molar-refractivity contribution in [2.24, 2.45) is 10.2 Å². The number of likely N-dealkylation sites (tertiary alicyclic amines) is 1. The Kier molecular flexibility index (Phi) is 9.91. The van der Waals surface area contributed by atoms with Crippen molar-refractivity contribution < 1.29 is 22.3 Å². The van der Waals surface area contributed by atoms with Gasteiger partial charge in [0.25, 0.3) is 5.92 Å². The van der Waals surface area contributed by atoms with Gasteiger partial charge >= 0.3 is 0 Å². The lowest BCUT2D eigenvalue weighted by molar-refractivity contribution is -0.126. The predicted molar refractivity (Wildman–Crippen MR) is 137 cm³/mol. The van der Waals surface area contributed by atoms with E-state index in [9.17, 15) is 17.6 Å². The van der Waals surface area contributed by atoms with E-state index in [2.05, 4.69) is 25.3 Å². The fourth-order valence-electron chi connectivity index (χ4n) is 3.94. The summed E-state index contributed by atoms with van der Waals surface area (Å²) in [6.07, 6.45) is 0.297. The van der Waals surface area contributed by atoms with Gasteiger partial charge in [0.2, 0.25) is 12.4 Å². The second-order valence-corrected chi connectivity index (χ2v) is 8.90. The molecule has 38 heavy (non-hydrogen) atoms. The van der Waals surface area contributed by atoms with Crippen molar-refractivity contribution in [1.29, 1.82) is 0 Å². The zero-order chi connectivity index (χ0) is 27.9. The Morgan fingerprint density at radius 1 is 1.18 bits per heavy atom. The molecule has 10 nitrogen and oxygen atoms in total. The average Bonchev–Trinajstić information content (AvgIpc) is 3.24. The van der Waals surface area contributed by atoms with E-state index in [0.29, 0.717) is 31.0 Å². The zero-order valence-corrected chi connectivity index (χ0v) is 21.6. The molecule has 5 heterocycles. The minimum absolute atomic E-state index is 0.0278. The Morgan fingerprint density at radius 3 is 2.45 bits per heavy atom. The second kappa shape index (κ2) is 12.9. The van der Waals surface area contributed by atoms with Crippen LogP contribution in [0.4, 0.5) is 35.0 Å². The van der Waals surface area contributed by atoms with Crippen LogP contribution in [0.1, 0.15) is 31.9 Å². The lowest BCUT2D eigenvalue weighted by Gasteiger charge is -2.41. The molecule has 0 unspecified atom stereocenters. The number of anilines is 2. The molecular formula is C24H33F4N9O. The largest absolute Gasteiger partial charge is 0.382 e. The molecule has 3 aromatic rings. The molecule has 0 bridgehead atoms. The molecule has 4 N–H and O–H groups in total. The molecule has 2 aliphatic rings. The zero-order valence-electron chi connectivity index (χ0n) is 21.6. The van der Waals surface area contributed by atoms with Crippen LogP contribution in [0.15, 0.2) is 34.6 Å². The predicted octanol–water partition coefficient (Wildman–Crippen LogP) is 4.76. The molecule has 0 spiro atoms. The molecule has 2 saturated heterocycles. The molecule has 0 aromatic carbocycles. The molecule has 0 atom stereocenters. The summed E-state index contributed by atoms with van der Waals surface area (Å²) < 4.78 is 53.9. The van der Waals surface area contributed by atoms with Gasteiger partial charge in [0, 0.05) is 31.6 Å². The van der Waals surface area contributed by atoms with Crippen LogP contribution in [-0.2, 0) is 4.74 Å². The van der Waals surface area contributed by atoms with Gasteiger partial charge < -0.3 is 16.2 Å². The third-order valence-electron chi connectivity index (χ3n) is 5.96. The summed E-state index contributed by atoms with van der Waals surface area (Å²) in [5.41, 5.74) is 15.3. The topological polar surface area (TPSA) is 132 Å². The van der Waals surface area contributed by atoms with E-state index >= 15 is 0 Å². The average molecular weight is 540 g/mol. The van der Waals surface area contributed by atoms with Crippen molar-refractivity contribution in [3.63, 3.8) is 0 Å². The van der Waals surface area contributed by atoms with Crippen molar-refractivity contribution in [3.05, 3.63) is 30.1 Å². The van der Waals surface area contributed by atoms with Gasteiger partial charge in [-0.3, -0.25) is 9.88 Å². The number of ether oxygens (including phenoxy) is 1. The Morgan fingerprint density at radius 2 is 1.89 bits per heavy atom. The van der Waals surface area contributed by atoms with Gasteiger partial charge in [-0.15, -0.1) is 5.10 Å². The van der Waals surface area contributed by atoms with Crippen LogP contribution in [0.2, 0.25) is 0 Å². The molecule has 3 aromatic heterocycles. The molecule has 0 aliphatic carbocycles. The number of hydrogen-bond acceptors (Lipinski definition) is 9. The number of halogens is 4. The van der Waals surface area contributed by atoms with E-state index in [4.69, 9.17) is 16.2 Å². The molecule has 2 aliphatic heterocycles. The molecule has 14 heteroatoms. The fraction of sp³-hybridized carbons (Fsp3) is 0.542. The highest BCUT2D eigenvalue weighted by Gasteiger charge is 2.39. The number of pyridine rings is 1. The summed E-state index contributed by atoms with van der Waals surface area (Å²) in [6.45, 7) is 5.34. The molecule has 5 rings (SSSR count). The first kappa shape index (κ1) is 29.2. The van der Waals surface area contributed by atoms with Gasteiger partial charge in [-0.1, -0.05) is 6.92 Å². The lowest BCUT2D eigenvalue weighted by atomic mass is 10.0. The van der Waals surface area contributed by atoms with Gasteiger partial charge in [-0.25, -0.2) is 22.1 Å². The molecule has 2 fully saturated rings. The third kappa shape index (κ3) is 7.57. The van der Waals surface area contributed by atoms with Crippen LogP contribution < -0.4 is 11.5 Å². The van der Waals surface area contributed by atoms with Crippen molar-refractivity contribution in [3.8, 4) is 11.3 Å². The van der Waals surface area contributed by atoms with Gasteiger partial charge in [0.15, 0.2) is 5.82 Å². The van der Waals surface area contributed by atoms with Crippen LogP contribution in [0, 0.1) is 6.92 Å². The molecule has 0 radical (unpaired) electrons. The number of aromatic nitrogens is 4. The minimum atomic E-state index is -2.46. The first-order chi connectivity index (χ1) is 18.0. The summed E-state index contributed by atoms with van der Waals surface area (Å²) in [6, 6.07) is 5.86. The quantitative estimate of drug-likeness (QED) is 0.361. The van der Waals surface area contributed by atoms with E-state index in [0.717, 1.165) is 29.2 Å². The monoisotopic (exact) mass is 539 g/mol. The van der Waals surface area contributed by atoms with Gasteiger partial charge in [0.1, 0.15) is 11.2 Å². The number of nitrogens with zero attached hydrogens (tertiary/aromatic N) is 7. The lowest BCUT2D eigenvalue weighted by Crippen LogP contribution is -2.55. The van der Waals surface area contributed by atoms with E-state index in [1.54, 1.807) is 17.8 Å². The Balaban J connectivity index is 0.000000197. The Bertz CT molecular complexity index is 1230. The summed E-state index contributed by atoms with van der Waals surface area (Å²) >= 11 is 0. The molecule has 0 saturated carbocycles. The normalized spacial score (nSPS) is 17.6. The molecule has 208 valence electrons. The number of hydrogen-bond donors (Lipinski definition) is 2. The second-order valence-electron chi connectivity index (χ2n) is 8.90. The first-order valence-corrected chi connectivity index (χ1v) is 12.2. The van der Waals surface area contributed by atoms with Crippen molar-refractivity contribution in [1.82, 2.24) is 24.5 Å². The Labute approximate surface area is 218 Å². The number of azo groups is 1. The van der Waals surface area contributed by atoms with E-state index in [1.807, 2.05) is 30.0 Å². The highest BCUT2D eigenvalue weighted by atomic mass is 19.3. The minimum Gasteiger partial charge on any atom is -0.382 e. The van der Waals surface area contributed by atoms with E-state index < -0.39 is 12.3 Å². The standard InChI is InChI=1S/C13H14N8.C8H13F2NO.C3H6F2/c1-7-9(19-16-2)3-4-10(17-7)8-5-6-21-11(8)12(14)18-13(15)20-21;9-8(10)2-1-3-11(6-8)7-4-12-5-7;1-2-3(4)5/h3-6H,1-2H3,(H4,14,15,18,20);7H,1-6H2;3H,2H2,1H3. The molecule has 0 amide bonds. The maximum Gasteiger partial charge on any atom is 0.260 e. The van der Waals surface area contributed by atoms with Gasteiger partial charge in [-0.05, 0) is 38.1 Å². The summed E-state index contributed by atoms with van der Waals surface area (Å²) in [7, 11) is 1.62. The smallest absolute Gasteiger partial charge is 0.260 e. The number of rotatable bonds is 4. The van der Waals surface area contributed by atoms with Crippen LogP contribution in [0.3, 0.4) is 0 Å². The Hall–Kier alpha value is -3.39. The summed E-state index contributed by atoms with van der Waals surface area (Å²) in [4.78, 5) is 10.4. The van der Waals surface area contributed by atoms with Crippen LogP contribution >= 0.6 is 0 Å². The summed E-state index contributed by atoms with van der Waals surface area (Å²) in [5, 5.41) is 11.9. The highest BCUT2D eigenvalue weighted by molar-refractivity contribution is 5.86. The SMILES string of the molecule is CCC(F)F.CN=Nc1ccc(-c2ccn3nc(N)nc(N)c23)nc1C.FC1(F)CCCN(C2COC2)C1. The van der Waals surface area contributed by atoms with Gasteiger partial charge in [0.05, 0.1) is 37.2 Å². The van der Waals surface area contributed by atoms with E-state index in [1.165, 1.54) is 6.92 Å². The number of nitrogen functional groups attached to an aromatic ring is 2. The van der Waals surface area contributed by atoms with Gasteiger partial charge in [-0.2, -0.15) is 15.2 Å². The first-order valence-electron chi connectivity index (χ1n) is 12.2.